The molecule has 5 nitrogen and oxygen atoms in total. The third kappa shape index (κ3) is 6.21. The van der Waals surface area contributed by atoms with Crippen LogP contribution in [0.2, 0.25) is 0 Å². The lowest BCUT2D eigenvalue weighted by molar-refractivity contribution is 0.0674. The summed E-state index contributed by atoms with van der Waals surface area (Å²) in [6, 6.07) is 18.1. The van der Waals surface area contributed by atoms with Crippen LogP contribution in [0, 0.1) is 0 Å². The van der Waals surface area contributed by atoms with Gasteiger partial charge in [0, 0.05) is 13.1 Å². The normalized spacial score (nSPS) is 14.7. The van der Waals surface area contributed by atoms with E-state index < -0.39 is 0 Å². The second kappa shape index (κ2) is 10.2. The zero-order chi connectivity index (χ0) is 16.6. The van der Waals surface area contributed by atoms with E-state index in [-0.39, 0.29) is 24.0 Å². The van der Waals surface area contributed by atoms with Crippen molar-refractivity contribution in [3.05, 3.63) is 65.7 Å². The summed E-state index contributed by atoms with van der Waals surface area (Å²) in [6.07, 6.45) is 0. The van der Waals surface area contributed by atoms with Crippen molar-refractivity contribution in [3.63, 3.8) is 0 Å². The number of hydrogen-bond acceptors (Lipinski definition) is 3. The maximum atomic E-state index is 6.03. The summed E-state index contributed by atoms with van der Waals surface area (Å²) in [6.45, 7) is 4.18. The zero-order valence-corrected chi connectivity index (χ0v) is 16.5. The van der Waals surface area contributed by atoms with Crippen LogP contribution in [0.5, 0.6) is 5.75 Å². The van der Waals surface area contributed by atoms with Crippen molar-refractivity contribution in [2.45, 2.75) is 13.2 Å². The van der Waals surface area contributed by atoms with E-state index in [0.29, 0.717) is 32.3 Å². The number of halogens is 1. The molecule has 0 unspecified atom stereocenters. The highest BCUT2D eigenvalue weighted by Gasteiger charge is 2.11. The molecule has 1 fully saturated rings. The highest BCUT2D eigenvalue weighted by atomic mass is 127. The lowest BCUT2D eigenvalue weighted by Gasteiger charge is -2.27. The fourth-order valence-corrected chi connectivity index (χ4v) is 2.50. The monoisotopic (exact) mass is 453 g/mol. The summed E-state index contributed by atoms with van der Waals surface area (Å²) in [5.41, 5.74) is 8.30. The third-order valence-electron chi connectivity index (χ3n) is 3.93. The van der Waals surface area contributed by atoms with Crippen LogP contribution < -0.4 is 10.5 Å². The molecule has 1 saturated heterocycles. The van der Waals surface area contributed by atoms with Gasteiger partial charge in [0.2, 0.25) is 0 Å². The number of nitrogens with zero attached hydrogens (tertiary/aromatic N) is 2. The maximum absolute atomic E-state index is 6.03. The standard InChI is InChI=1S/C19H23N3O2.HI/c20-19(22-10-12-23-13-11-22)21-14-16-6-8-18(9-7-16)24-15-17-4-2-1-3-5-17;/h1-9H,10-15H2,(H2,20,21);1H. The second-order valence-corrected chi connectivity index (χ2v) is 5.69. The van der Waals surface area contributed by atoms with E-state index in [1.54, 1.807) is 0 Å². The molecule has 1 aliphatic rings. The molecule has 0 saturated carbocycles. The Labute approximate surface area is 165 Å². The van der Waals surface area contributed by atoms with Gasteiger partial charge in [-0.15, -0.1) is 24.0 Å². The molecule has 0 atom stereocenters. The Morgan fingerprint density at radius 2 is 1.68 bits per heavy atom. The fourth-order valence-electron chi connectivity index (χ4n) is 2.50. The van der Waals surface area contributed by atoms with E-state index in [9.17, 15) is 0 Å². The number of nitrogens with two attached hydrogens (primary N) is 1. The molecular formula is C19H24IN3O2. The molecule has 0 aromatic heterocycles. The molecule has 0 spiro atoms. The predicted molar refractivity (Wildman–Crippen MR) is 110 cm³/mol. The van der Waals surface area contributed by atoms with E-state index in [4.69, 9.17) is 15.2 Å². The summed E-state index contributed by atoms with van der Waals surface area (Å²) in [7, 11) is 0. The van der Waals surface area contributed by atoms with Crippen LogP contribution in [0.25, 0.3) is 0 Å². The third-order valence-corrected chi connectivity index (χ3v) is 3.93. The summed E-state index contributed by atoms with van der Waals surface area (Å²) < 4.78 is 11.1. The molecule has 3 rings (SSSR count). The molecule has 6 heteroatoms. The van der Waals surface area contributed by atoms with Crippen LogP contribution in [-0.4, -0.2) is 37.2 Å². The minimum absolute atomic E-state index is 0. The quantitative estimate of drug-likeness (QED) is 0.430. The van der Waals surface area contributed by atoms with Crippen molar-refractivity contribution in [3.8, 4) is 5.75 Å². The second-order valence-electron chi connectivity index (χ2n) is 5.69. The van der Waals surface area contributed by atoms with Crippen molar-refractivity contribution < 1.29 is 9.47 Å². The lowest BCUT2D eigenvalue weighted by atomic mass is 10.2. The van der Waals surface area contributed by atoms with E-state index in [1.165, 1.54) is 0 Å². The molecule has 0 bridgehead atoms. The molecule has 1 aliphatic heterocycles. The topological polar surface area (TPSA) is 60.1 Å². The predicted octanol–water partition coefficient (Wildman–Crippen LogP) is 3.03. The summed E-state index contributed by atoms with van der Waals surface area (Å²) in [4.78, 5) is 6.52. The molecular weight excluding hydrogens is 429 g/mol. The Bertz CT molecular complexity index is 656. The van der Waals surface area contributed by atoms with Gasteiger partial charge in [0.05, 0.1) is 19.8 Å². The first-order chi connectivity index (χ1) is 11.8. The van der Waals surface area contributed by atoms with Gasteiger partial charge >= 0.3 is 0 Å². The van der Waals surface area contributed by atoms with E-state index in [0.717, 1.165) is 30.0 Å². The van der Waals surface area contributed by atoms with Gasteiger partial charge in [-0.1, -0.05) is 42.5 Å². The van der Waals surface area contributed by atoms with Crippen LogP contribution in [0.3, 0.4) is 0 Å². The van der Waals surface area contributed by atoms with Crippen molar-refractivity contribution >= 4 is 29.9 Å². The highest BCUT2D eigenvalue weighted by molar-refractivity contribution is 14.0. The van der Waals surface area contributed by atoms with Crippen LogP contribution in [0.1, 0.15) is 11.1 Å². The summed E-state index contributed by atoms with van der Waals surface area (Å²) in [5, 5.41) is 0. The van der Waals surface area contributed by atoms with Gasteiger partial charge in [0.25, 0.3) is 0 Å². The molecule has 2 N–H and O–H groups in total. The van der Waals surface area contributed by atoms with Gasteiger partial charge in [-0.2, -0.15) is 0 Å². The first-order valence-electron chi connectivity index (χ1n) is 8.19. The minimum Gasteiger partial charge on any atom is -0.489 e. The Balaban J connectivity index is 0.00000225. The molecule has 2 aromatic carbocycles. The average Bonchev–Trinajstić information content (AvgIpc) is 2.67. The Morgan fingerprint density at radius 3 is 2.36 bits per heavy atom. The van der Waals surface area contributed by atoms with E-state index in [2.05, 4.69) is 22.0 Å². The van der Waals surface area contributed by atoms with Crippen molar-refractivity contribution in [1.29, 1.82) is 0 Å². The summed E-state index contributed by atoms with van der Waals surface area (Å²) in [5.74, 6) is 1.44. The smallest absolute Gasteiger partial charge is 0.191 e. The van der Waals surface area contributed by atoms with Gasteiger partial charge in [0.15, 0.2) is 5.96 Å². The van der Waals surface area contributed by atoms with Crippen LogP contribution >= 0.6 is 24.0 Å². The number of morpholine rings is 1. The molecule has 0 aliphatic carbocycles. The Morgan fingerprint density at radius 1 is 1.00 bits per heavy atom. The molecule has 2 aromatic rings. The Hall–Kier alpha value is -1.80. The number of aliphatic imine (C=N–C) groups is 1. The first kappa shape index (κ1) is 19.5. The van der Waals surface area contributed by atoms with Gasteiger partial charge in [-0.05, 0) is 23.3 Å². The minimum atomic E-state index is 0. The largest absolute Gasteiger partial charge is 0.489 e. The number of rotatable bonds is 5. The molecule has 134 valence electrons. The molecule has 0 amide bonds. The van der Waals surface area contributed by atoms with Crippen molar-refractivity contribution in [2.75, 3.05) is 26.3 Å². The van der Waals surface area contributed by atoms with Gasteiger partial charge in [-0.25, -0.2) is 4.99 Å². The van der Waals surface area contributed by atoms with Crippen LogP contribution in [-0.2, 0) is 17.9 Å². The summed E-state index contributed by atoms with van der Waals surface area (Å²) >= 11 is 0. The van der Waals surface area contributed by atoms with E-state index >= 15 is 0 Å². The molecule has 25 heavy (non-hydrogen) atoms. The van der Waals surface area contributed by atoms with Crippen molar-refractivity contribution in [2.24, 2.45) is 10.7 Å². The SMILES string of the molecule is I.NC(=NCc1ccc(OCc2ccccc2)cc1)N1CCOCC1. The Kier molecular flexibility index (Phi) is 8.00. The van der Waals surface area contributed by atoms with Crippen LogP contribution in [0.4, 0.5) is 0 Å². The first-order valence-corrected chi connectivity index (χ1v) is 8.19. The number of hydrogen-bond donors (Lipinski definition) is 1. The van der Waals surface area contributed by atoms with E-state index in [1.807, 2.05) is 42.5 Å². The maximum Gasteiger partial charge on any atom is 0.191 e. The van der Waals surface area contributed by atoms with Gasteiger partial charge in [-0.3, -0.25) is 0 Å². The molecule has 0 radical (unpaired) electrons. The highest BCUT2D eigenvalue weighted by Crippen LogP contribution is 2.15. The lowest BCUT2D eigenvalue weighted by Crippen LogP contribution is -2.44. The average molecular weight is 453 g/mol. The van der Waals surface area contributed by atoms with Gasteiger partial charge in [0.1, 0.15) is 12.4 Å². The number of benzene rings is 2. The number of ether oxygens (including phenoxy) is 2. The molecule has 1 heterocycles. The zero-order valence-electron chi connectivity index (χ0n) is 14.1. The fraction of sp³-hybridized carbons (Fsp3) is 0.316. The van der Waals surface area contributed by atoms with Crippen LogP contribution in [0.15, 0.2) is 59.6 Å². The number of guanidine groups is 1. The van der Waals surface area contributed by atoms with Gasteiger partial charge < -0.3 is 20.1 Å². The van der Waals surface area contributed by atoms with Crippen molar-refractivity contribution in [1.82, 2.24) is 4.90 Å².